The van der Waals surface area contributed by atoms with Gasteiger partial charge in [0.15, 0.2) is 0 Å². The van der Waals surface area contributed by atoms with Crippen LogP contribution in [0.5, 0.6) is 5.75 Å². The number of benzene rings is 1. The molecule has 1 N–H and O–H groups in total. The van der Waals surface area contributed by atoms with Crippen LogP contribution in [-0.4, -0.2) is 29.0 Å². The largest absolute Gasteiger partial charge is 0.507 e. The SMILES string of the molecule is CCC1CCCN(C(=O)c2cc(I)ccc2O)C1. The van der Waals surface area contributed by atoms with Gasteiger partial charge in [0.05, 0.1) is 5.56 Å². The van der Waals surface area contributed by atoms with E-state index < -0.39 is 0 Å². The average Bonchev–Trinajstić information content (AvgIpc) is 2.41. The summed E-state index contributed by atoms with van der Waals surface area (Å²) >= 11 is 2.16. The lowest BCUT2D eigenvalue weighted by atomic mass is 9.95. The lowest BCUT2D eigenvalue weighted by Crippen LogP contribution is -2.39. The van der Waals surface area contributed by atoms with Gasteiger partial charge < -0.3 is 10.0 Å². The number of phenolic OH excluding ortho intramolecular Hbond substituents is 1. The van der Waals surface area contributed by atoms with Crippen LogP contribution in [0.4, 0.5) is 0 Å². The van der Waals surface area contributed by atoms with E-state index in [4.69, 9.17) is 0 Å². The van der Waals surface area contributed by atoms with Gasteiger partial charge in [-0.1, -0.05) is 13.3 Å². The molecule has 0 aromatic heterocycles. The predicted octanol–water partition coefficient (Wildman–Crippen LogP) is 3.26. The first-order valence-electron chi connectivity index (χ1n) is 6.39. The fourth-order valence-electron chi connectivity index (χ4n) is 2.43. The maximum Gasteiger partial charge on any atom is 0.257 e. The molecule has 4 heteroatoms. The van der Waals surface area contributed by atoms with Crippen molar-refractivity contribution in [1.82, 2.24) is 4.90 Å². The molecule has 1 unspecified atom stereocenters. The van der Waals surface area contributed by atoms with Crippen LogP contribution in [-0.2, 0) is 0 Å². The Morgan fingerprint density at radius 2 is 2.33 bits per heavy atom. The predicted molar refractivity (Wildman–Crippen MR) is 79.7 cm³/mol. The summed E-state index contributed by atoms with van der Waals surface area (Å²) in [7, 11) is 0. The molecule has 0 bridgehead atoms. The first kappa shape index (κ1) is 13.6. The number of rotatable bonds is 2. The minimum atomic E-state index is -0.0378. The van der Waals surface area contributed by atoms with Crippen LogP contribution < -0.4 is 0 Å². The van der Waals surface area contributed by atoms with Crippen molar-refractivity contribution in [3.05, 3.63) is 27.3 Å². The Morgan fingerprint density at radius 1 is 1.56 bits per heavy atom. The molecule has 0 saturated carbocycles. The molecule has 1 saturated heterocycles. The zero-order valence-electron chi connectivity index (χ0n) is 10.5. The zero-order valence-corrected chi connectivity index (χ0v) is 12.7. The molecule has 1 aliphatic heterocycles. The molecule has 18 heavy (non-hydrogen) atoms. The summed E-state index contributed by atoms with van der Waals surface area (Å²) in [5, 5.41) is 9.81. The van der Waals surface area contributed by atoms with Crippen LogP contribution in [0.2, 0.25) is 0 Å². The van der Waals surface area contributed by atoms with Crippen molar-refractivity contribution < 1.29 is 9.90 Å². The highest BCUT2D eigenvalue weighted by molar-refractivity contribution is 14.1. The lowest BCUT2D eigenvalue weighted by molar-refractivity contribution is 0.0668. The van der Waals surface area contributed by atoms with Gasteiger partial charge in [-0.05, 0) is 59.5 Å². The number of hydrogen-bond acceptors (Lipinski definition) is 2. The zero-order chi connectivity index (χ0) is 13.1. The quantitative estimate of drug-likeness (QED) is 0.824. The number of amides is 1. The Hall–Kier alpha value is -0.780. The minimum Gasteiger partial charge on any atom is -0.507 e. The van der Waals surface area contributed by atoms with E-state index in [-0.39, 0.29) is 11.7 Å². The van der Waals surface area contributed by atoms with Crippen molar-refractivity contribution in [3.8, 4) is 5.75 Å². The van der Waals surface area contributed by atoms with Gasteiger partial charge in [0.25, 0.3) is 5.91 Å². The molecule has 0 spiro atoms. The second-order valence-corrected chi connectivity index (χ2v) is 6.07. The maximum atomic E-state index is 12.4. The summed E-state index contributed by atoms with van der Waals surface area (Å²) in [6.07, 6.45) is 3.38. The van der Waals surface area contributed by atoms with Gasteiger partial charge in [-0.2, -0.15) is 0 Å². The first-order valence-corrected chi connectivity index (χ1v) is 7.47. The molecule has 1 aromatic rings. The monoisotopic (exact) mass is 359 g/mol. The third-order valence-electron chi connectivity index (χ3n) is 3.57. The van der Waals surface area contributed by atoms with E-state index >= 15 is 0 Å². The Bertz CT molecular complexity index is 447. The molecular formula is C14H18INO2. The van der Waals surface area contributed by atoms with Gasteiger partial charge in [0.2, 0.25) is 0 Å². The molecule has 0 aliphatic carbocycles. The van der Waals surface area contributed by atoms with Gasteiger partial charge in [0, 0.05) is 16.7 Å². The maximum absolute atomic E-state index is 12.4. The van der Waals surface area contributed by atoms with E-state index in [1.165, 1.54) is 6.42 Å². The topological polar surface area (TPSA) is 40.5 Å². The Kier molecular flexibility index (Phi) is 4.48. The summed E-state index contributed by atoms with van der Waals surface area (Å²) in [5.74, 6) is 0.649. The summed E-state index contributed by atoms with van der Waals surface area (Å²) in [6, 6.07) is 5.15. The molecule has 3 nitrogen and oxygen atoms in total. The molecule has 0 radical (unpaired) electrons. The summed E-state index contributed by atoms with van der Waals surface area (Å²) in [6.45, 7) is 3.79. The van der Waals surface area contributed by atoms with Gasteiger partial charge in [-0.25, -0.2) is 0 Å². The van der Waals surface area contributed by atoms with Gasteiger partial charge in [-0.3, -0.25) is 4.79 Å². The smallest absolute Gasteiger partial charge is 0.257 e. The minimum absolute atomic E-state index is 0.0378. The number of aromatic hydroxyl groups is 1. The molecule has 98 valence electrons. The Morgan fingerprint density at radius 3 is 3.06 bits per heavy atom. The number of hydrogen-bond donors (Lipinski definition) is 1. The van der Waals surface area contributed by atoms with Crippen molar-refractivity contribution in [1.29, 1.82) is 0 Å². The van der Waals surface area contributed by atoms with Crippen LogP contribution in [0.25, 0.3) is 0 Å². The second-order valence-electron chi connectivity index (χ2n) is 4.83. The molecule has 1 heterocycles. The lowest BCUT2D eigenvalue weighted by Gasteiger charge is -2.32. The number of carbonyl (C=O) groups excluding carboxylic acids is 1. The molecule has 1 atom stereocenters. The Labute approximate surface area is 121 Å². The van der Waals surface area contributed by atoms with Crippen LogP contribution >= 0.6 is 22.6 Å². The summed E-state index contributed by atoms with van der Waals surface area (Å²) in [5.41, 5.74) is 0.429. The number of phenols is 1. The summed E-state index contributed by atoms with van der Waals surface area (Å²) in [4.78, 5) is 14.3. The van der Waals surface area contributed by atoms with E-state index in [1.807, 2.05) is 4.90 Å². The van der Waals surface area contributed by atoms with E-state index in [2.05, 4.69) is 29.5 Å². The van der Waals surface area contributed by atoms with Crippen LogP contribution in [0.1, 0.15) is 36.5 Å². The van der Waals surface area contributed by atoms with Gasteiger partial charge in [-0.15, -0.1) is 0 Å². The molecule has 1 aliphatic rings. The Balaban J connectivity index is 2.17. The van der Waals surface area contributed by atoms with Crippen molar-refractivity contribution in [2.45, 2.75) is 26.2 Å². The number of piperidine rings is 1. The molecule has 1 amide bonds. The van der Waals surface area contributed by atoms with E-state index in [0.717, 1.165) is 29.5 Å². The average molecular weight is 359 g/mol. The third kappa shape index (κ3) is 2.96. The van der Waals surface area contributed by atoms with Gasteiger partial charge >= 0.3 is 0 Å². The number of nitrogens with zero attached hydrogens (tertiary/aromatic N) is 1. The molecule has 1 fully saturated rings. The second kappa shape index (κ2) is 5.91. The van der Waals surface area contributed by atoms with Gasteiger partial charge in [0.1, 0.15) is 5.75 Å². The highest BCUT2D eigenvalue weighted by Crippen LogP contribution is 2.25. The van der Waals surface area contributed by atoms with Crippen LogP contribution in [0.15, 0.2) is 18.2 Å². The standard InChI is InChI=1S/C14H18INO2/c1-2-10-4-3-7-16(9-10)14(18)12-8-11(15)5-6-13(12)17/h5-6,8,10,17H,2-4,7,9H2,1H3. The normalized spacial score (nSPS) is 19.9. The van der Waals surface area contributed by atoms with Crippen LogP contribution in [0.3, 0.4) is 0 Å². The fourth-order valence-corrected chi connectivity index (χ4v) is 2.92. The highest BCUT2D eigenvalue weighted by Gasteiger charge is 2.25. The fraction of sp³-hybridized carbons (Fsp3) is 0.500. The van der Waals surface area contributed by atoms with Crippen molar-refractivity contribution in [2.75, 3.05) is 13.1 Å². The molecule has 1 aromatic carbocycles. The summed E-state index contributed by atoms with van der Waals surface area (Å²) < 4.78 is 0.970. The number of halogens is 1. The molecular weight excluding hydrogens is 341 g/mol. The van der Waals surface area contributed by atoms with Crippen molar-refractivity contribution >= 4 is 28.5 Å². The van der Waals surface area contributed by atoms with E-state index in [9.17, 15) is 9.90 Å². The van der Waals surface area contributed by atoms with Crippen molar-refractivity contribution in [2.24, 2.45) is 5.92 Å². The third-order valence-corrected chi connectivity index (χ3v) is 4.24. The first-order chi connectivity index (χ1) is 8.61. The van der Waals surface area contributed by atoms with Crippen molar-refractivity contribution in [3.63, 3.8) is 0 Å². The van der Waals surface area contributed by atoms with E-state index in [1.54, 1.807) is 18.2 Å². The van der Waals surface area contributed by atoms with Crippen LogP contribution in [0, 0.1) is 9.49 Å². The number of likely N-dealkylation sites (tertiary alicyclic amines) is 1. The molecule has 2 rings (SSSR count). The van der Waals surface area contributed by atoms with E-state index in [0.29, 0.717) is 11.5 Å². The highest BCUT2D eigenvalue weighted by atomic mass is 127. The number of carbonyl (C=O) groups is 1.